The van der Waals surface area contributed by atoms with Crippen molar-refractivity contribution in [1.82, 2.24) is 0 Å². The van der Waals surface area contributed by atoms with Crippen LogP contribution in [0.5, 0.6) is 0 Å². The van der Waals surface area contributed by atoms with Gasteiger partial charge in [0.25, 0.3) is 0 Å². The van der Waals surface area contributed by atoms with E-state index in [-0.39, 0.29) is 0 Å². The summed E-state index contributed by atoms with van der Waals surface area (Å²) in [5.41, 5.74) is 0. The first-order valence-corrected chi connectivity index (χ1v) is 39.1. The van der Waals surface area contributed by atoms with Crippen molar-refractivity contribution >= 4 is 97.8 Å². The normalized spacial score (nSPS) is 18.8. The van der Waals surface area contributed by atoms with Crippen LogP contribution in [0.2, 0.25) is 107 Å². The molecule has 224 valence electrons. The van der Waals surface area contributed by atoms with Crippen molar-refractivity contribution in [3.8, 4) is 0 Å². The second-order valence-corrected chi connectivity index (χ2v) is 62.0. The van der Waals surface area contributed by atoms with Crippen LogP contribution in [0, 0.1) is 0 Å². The lowest BCUT2D eigenvalue weighted by Gasteiger charge is -2.66. The summed E-state index contributed by atoms with van der Waals surface area (Å²) in [4.78, 5) is 0. The first kappa shape index (κ1) is 34.1. The first-order valence-electron chi connectivity index (χ1n) is 15.8. The Morgan fingerprint density at radius 1 is 0.512 bits per heavy atom. The summed E-state index contributed by atoms with van der Waals surface area (Å²) >= 11 is 4.15. The zero-order valence-corrected chi connectivity index (χ0v) is 37.5. The van der Waals surface area contributed by atoms with E-state index in [2.05, 4.69) is 163 Å². The quantitative estimate of drug-likeness (QED) is 0.175. The third-order valence-electron chi connectivity index (χ3n) is 11.0. The largest absolute Gasteiger partial charge is 0.0694 e. The Labute approximate surface area is 268 Å². The van der Waals surface area contributed by atoms with Gasteiger partial charge in [-0.1, -0.05) is 160 Å². The molecule has 0 N–H and O–H groups in total. The van der Waals surface area contributed by atoms with E-state index in [0.717, 1.165) is 0 Å². The molecule has 0 saturated carbocycles. The molecule has 3 aromatic rings. The Balaban J connectivity index is 2.53. The first-order chi connectivity index (χ1) is 18.5. The molecule has 8 heteroatoms. The van der Waals surface area contributed by atoms with E-state index in [4.69, 9.17) is 0 Å². The van der Waals surface area contributed by atoms with Gasteiger partial charge in [0.05, 0.1) is 7.59 Å². The number of hydrogen-bond donors (Lipinski definition) is 0. The second-order valence-electron chi connectivity index (χ2n) is 18.1. The minimum Gasteiger partial charge on any atom is -0.0694 e. The Morgan fingerprint density at radius 3 is 1.15 bits per heavy atom. The van der Waals surface area contributed by atoms with Gasteiger partial charge in [0.2, 0.25) is 0 Å². The van der Waals surface area contributed by atoms with Gasteiger partial charge >= 0.3 is 0 Å². The second kappa shape index (κ2) is 10.6. The van der Waals surface area contributed by atoms with Gasteiger partial charge in [-0.3, -0.25) is 0 Å². The molecule has 41 heavy (non-hydrogen) atoms. The molecule has 0 nitrogen and oxygen atoms in total. The summed E-state index contributed by atoms with van der Waals surface area (Å²) < 4.78 is 2.53. The molecule has 4 rings (SSSR count). The highest BCUT2D eigenvalue weighted by atomic mass is 79.9. The molecule has 0 aromatic heterocycles. The lowest BCUT2D eigenvalue weighted by molar-refractivity contribution is 0.679. The van der Waals surface area contributed by atoms with E-state index >= 15 is 0 Å². The van der Waals surface area contributed by atoms with E-state index in [1.807, 2.05) is 5.19 Å². The maximum atomic E-state index is 4.15. The number of fused-ring (bicyclic) bond motifs is 2. The molecule has 0 amide bonds. The lowest BCUT2D eigenvalue weighted by atomic mass is 10.0. The fraction of sp³-hybridized carbons (Fsp3) is 0.576. The zero-order chi connectivity index (χ0) is 31.2. The molecule has 0 aliphatic carbocycles. The summed E-state index contributed by atoms with van der Waals surface area (Å²) in [5.74, 6) is 0. The van der Waals surface area contributed by atoms with Crippen LogP contribution in [-0.4, -0.2) is 55.2 Å². The van der Waals surface area contributed by atoms with Crippen molar-refractivity contribution in [2.24, 2.45) is 0 Å². The van der Waals surface area contributed by atoms with Crippen LogP contribution >= 0.6 is 15.9 Å². The highest BCUT2D eigenvalue weighted by Gasteiger charge is 2.66. The molecule has 0 saturated heterocycles. The standard InChI is InChI=1S/C33H57BrSi7/c1-37(2,3)32(38(4,5)6)24-25-33(39(7,8)9,40(10,11)12)36(41(13,14)15)35(32)31-28-22-18-16-20-26(28)30(34)27-21-17-19-23-29(27)31/h16-23H,24-25H2,1-15H3. The predicted molar refractivity (Wildman–Crippen MR) is 212 cm³/mol. The number of rotatable bonds is 6. The third kappa shape index (κ3) is 5.10. The minimum absolute atomic E-state index is 0.571. The minimum atomic E-state index is -1.60. The van der Waals surface area contributed by atoms with Crippen molar-refractivity contribution in [3.05, 3.63) is 53.0 Å². The zero-order valence-electron chi connectivity index (χ0n) is 28.9. The highest BCUT2D eigenvalue weighted by molar-refractivity contribution is 9.10. The van der Waals surface area contributed by atoms with E-state index in [0.29, 0.717) is 8.57 Å². The Morgan fingerprint density at radius 2 is 0.829 bits per heavy atom. The van der Waals surface area contributed by atoms with E-state index in [1.165, 1.54) is 21.7 Å². The van der Waals surface area contributed by atoms with Crippen molar-refractivity contribution < 1.29 is 0 Å². The Kier molecular flexibility index (Phi) is 8.83. The van der Waals surface area contributed by atoms with Crippen LogP contribution in [0.25, 0.3) is 21.5 Å². The fourth-order valence-electron chi connectivity index (χ4n) is 10.00. The summed E-state index contributed by atoms with van der Waals surface area (Å²) in [6.45, 7) is 42.2. The van der Waals surface area contributed by atoms with Gasteiger partial charge in [-0.25, -0.2) is 0 Å². The molecular formula is C33H57BrSi7. The van der Waals surface area contributed by atoms with Crippen LogP contribution in [0.1, 0.15) is 12.8 Å². The number of benzene rings is 3. The number of hydrogen-bond acceptors (Lipinski definition) is 0. The smallest absolute Gasteiger partial charge is 0.0507 e. The molecule has 0 atom stereocenters. The maximum absolute atomic E-state index is 4.15. The maximum Gasteiger partial charge on any atom is 0.0507 e. The molecule has 3 aromatic carbocycles. The number of halogens is 1. The molecule has 0 radical (unpaired) electrons. The van der Waals surface area contributed by atoms with Crippen LogP contribution in [0.3, 0.4) is 0 Å². The molecular weight excluding hydrogens is 673 g/mol. The molecule has 1 heterocycles. The topological polar surface area (TPSA) is 0 Å². The van der Waals surface area contributed by atoms with Crippen molar-refractivity contribution in [2.75, 3.05) is 0 Å². The Hall–Kier alpha value is 0.178. The van der Waals surface area contributed by atoms with Gasteiger partial charge in [-0.15, -0.1) is 0 Å². The van der Waals surface area contributed by atoms with E-state index in [9.17, 15) is 0 Å². The van der Waals surface area contributed by atoms with Gasteiger partial charge in [0.1, 0.15) is 0 Å². The molecule has 1 aliphatic rings. The van der Waals surface area contributed by atoms with Crippen LogP contribution in [0.15, 0.2) is 53.0 Å². The summed E-state index contributed by atoms with van der Waals surface area (Å²) in [6, 6.07) is 19.1. The Bertz CT molecular complexity index is 1440. The van der Waals surface area contributed by atoms with E-state index < -0.39 is 55.2 Å². The van der Waals surface area contributed by atoms with Gasteiger partial charge < -0.3 is 0 Å². The molecule has 1 aliphatic heterocycles. The average molecular weight is 730 g/mol. The molecule has 0 fully saturated rings. The third-order valence-corrected chi connectivity index (χ3v) is 73.4. The van der Waals surface area contributed by atoms with Crippen LogP contribution < -0.4 is 5.19 Å². The average Bonchev–Trinajstić information content (AvgIpc) is 2.80. The SMILES string of the molecule is C[Si](C)(C)[Si]1=[Si](c2c3ccccc3c(Br)c3ccccc23)C([Si](C)(C)C)([Si](C)(C)C)CCC1([Si](C)(C)C)[Si](C)(C)C. The molecule has 0 unspecified atom stereocenters. The van der Waals surface area contributed by atoms with Gasteiger partial charge in [0.15, 0.2) is 0 Å². The fourth-order valence-corrected chi connectivity index (χ4v) is 105. The van der Waals surface area contributed by atoms with Crippen molar-refractivity contribution in [2.45, 2.75) is 120 Å². The van der Waals surface area contributed by atoms with Crippen LogP contribution in [-0.2, 0) is 0 Å². The van der Waals surface area contributed by atoms with Crippen LogP contribution in [0.4, 0.5) is 0 Å². The molecule has 0 spiro atoms. The highest BCUT2D eigenvalue weighted by Crippen LogP contribution is 2.63. The summed E-state index contributed by atoms with van der Waals surface area (Å²) in [6.07, 6.45) is 3.06. The van der Waals surface area contributed by atoms with Gasteiger partial charge in [-0.2, -0.15) is 0 Å². The van der Waals surface area contributed by atoms with Gasteiger partial charge in [0, 0.05) is 44.7 Å². The summed E-state index contributed by atoms with van der Waals surface area (Å²) in [5, 5.41) is 7.97. The van der Waals surface area contributed by atoms with Crippen molar-refractivity contribution in [3.63, 3.8) is 0 Å². The van der Waals surface area contributed by atoms with Gasteiger partial charge in [-0.05, 0) is 58.6 Å². The summed E-state index contributed by atoms with van der Waals surface area (Å²) in [7, 11) is -9.45. The lowest BCUT2D eigenvalue weighted by Crippen LogP contribution is -2.76. The van der Waals surface area contributed by atoms with Crippen molar-refractivity contribution in [1.29, 1.82) is 0 Å². The monoisotopic (exact) mass is 728 g/mol. The van der Waals surface area contributed by atoms with E-state index in [1.54, 1.807) is 17.2 Å². The predicted octanol–water partition coefficient (Wildman–Crippen LogP) is 11.2. The molecule has 0 bridgehead atoms.